The van der Waals surface area contributed by atoms with Gasteiger partial charge in [0.2, 0.25) is 0 Å². The standard InChI is InChI=1S/C25H29ClN4/c1-16(2)18-6-13-23-22(15-18)25(28-21-11-9-20(27)10-12-21)30-24(29-23)14-5-17-3-7-19(26)8-4-17/h3-8,13-16,20-21H,9-12,27H2,1-2H3,(H,28,29,30)/b14-5-. The van der Waals surface area contributed by atoms with Gasteiger partial charge in [-0.05, 0) is 73.1 Å². The van der Waals surface area contributed by atoms with Gasteiger partial charge >= 0.3 is 0 Å². The Morgan fingerprint density at radius 2 is 1.73 bits per heavy atom. The van der Waals surface area contributed by atoms with Crippen LogP contribution in [0, 0.1) is 0 Å². The Labute approximate surface area is 183 Å². The second-order valence-electron chi connectivity index (χ2n) is 8.50. The average molecular weight is 421 g/mol. The van der Waals surface area contributed by atoms with E-state index in [9.17, 15) is 0 Å². The molecule has 4 rings (SSSR count). The highest BCUT2D eigenvalue weighted by atomic mass is 35.5. The number of hydrogen-bond donors (Lipinski definition) is 2. The van der Waals surface area contributed by atoms with Gasteiger partial charge in [-0.15, -0.1) is 0 Å². The highest BCUT2D eigenvalue weighted by molar-refractivity contribution is 6.30. The number of nitrogens with two attached hydrogens (primary N) is 1. The van der Waals surface area contributed by atoms with Crippen molar-refractivity contribution in [1.82, 2.24) is 9.97 Å². The molecule has 0 amide bonds. The number of halogens is 1. The average Bonchev–Trinajstić information content (AvgIpc) is 2.74. The maximum Gasteiger partial charge on any atom is 0.154 e. The molecule has 1 heterocycles. The van der Waals surface area contributed by atoms with Gasteiger partial charge < -0.3 is 11.1 Å². The number of fused-ring (bicyclic) bond motifs is 1. The first-order chi connectivity index (χ1) is 14.5. The van der Waals surface area contributed by atoms with Crippen molar-refractivity contribution < 1.29 is 0 Å². The second-order valence-corrected chi connectivity index (χ2v) is 8.94. The molecule has 30 heavy (non-hydrogen) atoms. The fourth-order valence-corrected chi connectivity index (χ4v) is 4.04. The number of rotatable bonds is 5. The van der Waals surface area contributed by atoms with Crippen molar-refractivity contribution in [3.8, 4) is 0 Å². The molecule has 1 aliphatic rings. The first-order valence-corrected chi connectivity index (χ1v) is 11.1. The van der Waals surface area contributed by atoms with Crippen LogP contribution in [-0.2, 0) is 0 Å². The Morgan fingerprint density at radius 3 is 2.43 bits per heavy atom. The minimum Gasteiger partial charge on any atom is -0.367 e. The fourth-order valence-electron chi connectivity index (χ4n) is 3.91. The predicted molar refractivity (Wildman–Crippen MR) is 128 cm³/mol. The van der Waals surface area contributed by atoms with Crippen LogP contribution in [-0.4, -0.2) is 22.1 Å². The van der Waals surface area contributed by atoms with Gasteiger partial charge in [-0.1, -0.05) is 49.7 Å². The van der Waals surface area contributed by atoms with E-state index in [-0.39, 0.29) is 0 Å². The van der Waals surface area contributed by atoms with E-state index >= 15 is 0 Å². The summed E-state index contributed by atoms with van der Waals surface area (Å²) in [4.78, 5) is 9.67. The summed E-state index contributed by atoms with van der Waals surface area (Å²) in [7, 11) is 0. The fraction of sp³-hybridized carbons (Fsp3) is 0.360. The number of anilines is 1. The molecule has 2 aromatic carbocycles. The summed E-state index contributed by atoms with van der Waals surface area (Å²) in [5, 5.41) is 5.51. The Hall–Kier alpha value is -2.43. The largest absolute Gasteiger partial charge is 0.367 e. The van der Waals surface area contributed by atoms with Gasteiger partial charge in [-0.2, -0.15) is 0 Å². The van der Waals surface area contributed by atoms with Gasteiger partial charge in [0.25, 0.3) is 0 Å². The molecule has 0 bridgehead atoms. The highest BCUT2D eigenvalue weighted by Crippen LogP contribution is 2.28. The summed E-state index contributed by atoms with van der Waals surface area (Å²) < 4.78 is 0. The number of aromatic nitrogens is 2. The van der Waals surface area contributed by atoms with Crippen LogP contribution >= 0.6 is 11.6 Å². The van der Waals surface area contributed by atoms with Gasteiger partial charge in [0.15, 0.2) is 5.82 Å². The summed E-state index contributed by atoms with van der Waals surface area (Å²) in [6, 6.07) is 15.0. The lowest BCUT2D eigenvalue weighted by molar-refractivity contribution is 0.410. The second kappa shape index (κ2) is 9.15. The van der Waals surface area contributed by atoms with Crippen LogP contribution < -0.4 is 11.1 Å². The first-order valence-electron chi connectivity index (χ1n) is 10.8. The van der Waals surface area contributed by atoms with E-state index in [1.165, 1.54) is 5.56 Å². The van der Waals surface area contributed by atoms with Crippen molar-refractivity contribution in [2.75, 3.05) is 5.32 Å². The number of nitrogens with zero attached hydrogens (tertiary/aromatic N) is 2. The highest BCUT2D eigenvalue weighted by Gasteiger charge is 2.20. The van der Waals surface area contributed by atoms with Crippen LogP contribution in [0.2, 0.25) is 5.02 Å². The molecule has 1 fully saturated rings. The van der Waals surface area contributed by atoms with Gasteiger partial charge in [0, 0.05) is 22.5 Å². The quantitative estimate of drug-likeness (QED) is 0.511. The molecule has 1 aliphatic carbocycles. The Bertz CT molecular complexity index is 1030. The number of nitrogens with one attached hydrogen (secondary N) is 1. The molecule has 5 heteroatoms. The Kier molecular flexibility index (Phi) is 6.35. The van der Waals surface area contributed by atoms with Crippen LogP contribution in [0.25, 0.3) is 23.1 Å². The van der Waals surface area contributed by atoms with Crippen molar-refractivity contribution in [3.05, 3.63) is 64.4 Å². The molecule has 0 radical (unpaired) electrons. The zero-order valence-electron chi connectivity index (χ0n) is 17.6. The predicted octanol–water partition coefficient (Wildman–Crippen LogP) is 6.26. The topological polar surface area (TPSA) is 63.8 Å². The zero-order valence-corrected chi connectivity index (χ0v) is 18.4. The third-order valence-electron chi connectivity index (χ3n) is 5.81. The number of benzene rings is 2. The molecule has 3 N–H and O–H groups in total. The first kappa shape index (κ1) is 20.8. The van der Waals surface area contributed by atoms with Gasteiger partial charge in [0.05, 0.1) is 5.52 Å². The molecule has 0 spiro atoms. The normalized spacial score (nSPS) is 19.6. The molecule has 4 nitrogen and oxygen atoms in total. The van der Waals surface area contributed by atoms with E-state index in [0.717, 1.165) is 53.0 Å². The monoisotopic (exact) mass is 420 g/mol. The van der Waals surface area contributed by atoms with E-state index in [1.807, 2.05) is 36.4 Å². The Balaban J connectivity index is 1.69. The van der Waals surface area contributed by atoms with E-state index in [2.05, 4.69) is 37.4 Å². The molecular weight excluding hydrogens is 392 g/mol. The van der Waals surface area contributed by atoms with Crippen molar-refractivity contribution in [3.63, 3.8) is 0 Å². The maximum atomic E-state index is 6.09. The van der Waals surface area contributed by atoms with E-state index in [1.54, 1.807) is 0 Å². The van der Waals surface area contributed by atoms with Crippen LogP contribution in [0.5, 0.6) is 0 Å². The number of hydrogen-bond acceptors (Lipinski definition) is 4. The zero-order chi connectivity index (χ0) is 21.1. The van der Waals surface area contributed by atoms with Crippen LogP contribution in [0.3, 0.4) is 0 Å². The molecule has 0 unspecified atom stereocenters. The molecular formula is C25H29ClN4. The molecule has 0 aliphatic heterocycles. The molecule has 1 aromatic heterocycles. The van der Waals surface area contributed by atoms with Crippen LogP contribution in [0.4, 0.5) is 5.82 Å². The van der Waals surface area contributed by atoms with E-state index in [0.29, 0.717) is 23.8 Å². The van der Waals surface area contributed by atoms with Gasteiger partial charge in [-0.3, -0.25) is 0 Å². The Morgan fingerprint density at radius 1 is 1.00 bits per heavy atom. The van der Waals surface area contributed by atoms with E-state index < -0.39 is 0 Å². The van der Waals surface area contributed by atoms with Gasteiger partial charge in [0.1, 0.15) is 5.82 Å². The smallest absolute Gasteiger partial charge is 0.154 e. The van der Waals surface area contributed by atoms with E-state index in [4.69, 9.17) is 27.3 Å². The van der Waals surface area contributed by atoms with Crippen LogP contribution in [0.15, 0.2) is 42.5 Å². The summed E-state index contributed by atoms with van der Waals surface area (Å²) in [5.74, 6) is 2.07. The lowest BCUT2D eigenvalue weighted by atomic mass is 9.91. The lowest BCUT2D eigenvalue weighted by Crippen LogP contribution is -2.33. The third-order valence-corrected chi connectivity index (χ3v) is 6.06. The third kappa shape index (κ3) is 5.00. The minimum atomic E-state index is 0.329. The van der Waals surface area contributed by atoms with Gasteiger partial charge in [-0.25, -0.2) is 9.97 Å². The summed E-state index contributed by atoms with van der Waals surface area (Å²) in [6.45, 7) is 4.42. The minimum absolute atomic E-state index is 0.329. The van der Waals surface area contributed by atoms with Crippen molar-refractivity contribution >= 4 is 40.5 Å². The lowest BCUT2D eigenvalue weighted by Gasteiger charge is -2.27. The van der Waals surface area contributed by atoms with Crippen molar-refractivity contribution in [2.45, 2.75) is 57.5 Å². The summed E-state index contributed by atoms with van der Waals surface area (Å²) >= 11 is 5.99. The van der Waals surface area contributed by atoms with Crippen LogP contribution in [0.1, 0.15) is 62.4 Å². The molecule has 156 valence electrons. The summed E-state index contributed by atoms with van der Waals surface area (Å²) in [6.07, 6.45) is 8.24. The summed E-state index contributed by atoms with van der Waals surface area (Å²) in [5.41, 5.74) is 9.41. The maximum absolute atomic E-state index is 6.09. The molecule has 3 aromatic rings. The SMILES string of the molecule is CC(C)c1ccc2nc(/C=C\c3ccc(Cl)cc3)nc(NC3CCC(N)CC3)c2c1. The molecule has 0 saturated heterocycles. The van der Waals surface area contributed by atoms with Crippen molar-refractivity contribution in [1.29, 1.82) is 0 Å². The molecule has 1 saturated carbocycles. The van der Waals surface area contributed by atoms with Crippen molar-refractivity contribution in [2.24, 2.45) is 5.73 Å². The molecule has 0 atom stereocenters.